The van der Waals surface area contributed by atoms with Gasteiger partial charge in [-0.25, -0.2) is 0 Å². The highest BCUT2D eigenvalue weighted by Crippen LogP contribution is 2.39. The monoisotopic (exact) mass is 291 g/mol. The Labute approximate surface area is 117 Å². The molecule has 0 bridgehead atoms. The molecule has 1 aliphatic carbocycles. The largest absolute Gasteiger partial charge is 0.418 e. The van der Waals surface area contributed by atoms with Gasteiger partial charge in [-0.05, 0) is 12.1 Å². The van der Waals surface area contributed by atoms with Crippen molar-refractivity contribution in [2.45, 2.75) is 6.18 Å². The number of hydrogen-bond acceptors (Lipinski definition) is 3. The van der Waals surface area contributed by atoms with Crippen LogP contribution in [0.2, 0.25) is 0 Å². The summed E-state index contributed by atoms with van der Waals surface area (Å²) in [6, 6.07) is 7.73. The number of alkyl halides is 3. The van der Waals surface area contributed by atoms with E-state index in [1.165, 1.54) is 12.1 Å². The van der Waals surface area contributed by atoms with Gasteiger partial charge in [0.1, 0.15) is 0 Å². The first-order chi connectivity index (χ1) is 9.82. The Balaban J connectivity index is 2.32. The summed E-state index contributed by atoms with van der Waals surface area (Å²) in [7, 11) is 0. The molecule has 0 unspecified atom stereocenters. The number of halogens is 3. The number of anilines is 1. The van der Waals surface area contributed by atoms with Gasteiger partial charge in [0, 0.05) is 16.7 Å². The molecule has 21 heavy (non-hydrogen) atoms. The molecule has 2 N–H and O–H groups in total. The second-order valence-electron chi connectivity index (χ2n) is 4.65. The van der Waals surface area contributed by atoms with Gasteiger partial charge < -0.3 is 5.73 Å². The topological polar surface area (TPSA) is 60.2 Å². The number of hydrogen-bond donors (Lipinski definition) is 1. The lowest BCUT2D eigenvalue weighted by molar-refractivity contribution is -0.136. The van der Waals surface area contributed by atoms with Crippen molar-refractivity contribution in [3.8, 4) is 0 Å². The van der Waals surface area contributed by atoms with Crippen LogP contribution in [0.15, 0.2) is 36.4 Å². The SMILES string of the molecule is Nc1c(C(F)(F)F)ccc2c1C(=O)c1ccccc1C2=O. The van der Waals surface area contributed by atoms with Crippen LogP contribution in [0.25, 0.3) is 0 Å². The van der Waals surface area contributed by atoms with Gasteiger partial charge >= 0.3 is 6.18 Å². The van der Waals surface area contributed by atoms with Gasteiger partial charge in [-0.2, -0.15) is 13.2 Å². The lowest BCUT2D eigenvalue weighted by Gasteiger charge is -2.21. The van der Waals surface area contributed by atoms with E-state index in [0.717, 1.165) is 12.1 Å². The molecule has 0 saturated carbocycles. The fourth-order valence-corrected chi connectivity index (χ4v) is 2.46. The van der Waals surface area contributed by atoms with E-state index >= 15 is 0 Å². The molecule has 0 heterocycles. The number of fused-ring (bicyclic) bond motifs is 2. The number of rotatable bonds is 0. The van der Waals surface area contributed by atoms with Gasteiger partial charge in [-0.3, -0.25) is 9.59 Å². The van der Waals surface area contributed by atoms with Crippen LogP contribution in [-0.4, -0.2) is 11.6 Å². The van der Waals surface area contributed by atoms with Crippen molar-refractivity contribution < 1.29 is 22.8 Å². The number of benzene rings is 2. The molecule has 6 heteroatoms. The first-order valence-corrected chi connectivity index (χ1v) is 6.00. The van der Waals surface area contributed by atoms with Crippen LogP contribution in [0.4, 0.5) is 18.9 Å². The van der Waals surface area contributed by atoms with E-state index in [1.807, 2.05) is 0 Å². The van der Waals surface area contributed by atoms with Crippen LogP contribution in [-0.2, 0) is 6.18 Å². The van der Waals surface area contributed by atoms with E-state index < -0.39 is 29.0 Å². The van der Waals surface area contributed by atoms with Crippen LogP contribution >= 0.6 is 0 Å². The minimum atomic E-state index is -4.68. The van der Waals surface area contributed by atoms with E-state index in [-0.39, 0.29) is 22.3 Å². The van der Waals surface area contributed by atoms with E-state index in [0.29, 0.717) is 0 Å². The van der Waals surface area contributed by atoms with Crippen molar-refractivity contribution in [1.29, 1.82) is 0 Å². The Kier molecular flexibility index (Phi) is 2.66. The second kappa shape index (κ2) is 4.18. The molecule has 106 valence electrons. The summed E-state index contributed by atoms with van der Waals surface area (Å²) in [6.45, 7) is 0. The van der Waals surface area contributed by atoms with Crippen molar-refractivity contribution in [2.24, 2.45) is 0 Å². The first kappa shape index (κ1) is 13.4. The Morgan fingerprint density at radius 2 is 1.38 bits per heavy atom. The van der Waals surface area contributed by atoms with Gasteiger partial charge in [0.15, 0.2) is 11.6 Å². The maximum absolute atomic E-state index is 12.9. The Morgan fingerprint density at radius 1 is 0.810 bits per heavy atom. The maximum atomic E-state index is 12.9. The van der Waals surface area contributed by atoms with E-state index in [2.05, 4.69) is 0 Å². The Bertz CT molecular complexity index is 794. The highest BCUT2D eigenvalue weighted by molar-refractivity contribution is 6.30. The maximum Gasteiger partial charge on any atom is 0.418 e. The normalized spacial score (nSPS) is 13.9. The highest BCUT2D eigenvalue weighted by Gasteiger charge is 2.38. The summed E-state index contributed by atoms with van der Waals surface area (Å²) >= 11 is 0. The van der Waals surface area contributed by atoms with Crippen LogP contribution in [0.1, 0.15) is 37.4 Å². The van der Waals surface area contributed by atoms with Crippen molar-refractivity contribution in [3.05, 3.63) is 64.2 Å². The Hall–Kier alpha value is -2.63. The number of ketones is 2. The lowest BCUT2D eigenvalue weighted by Crippen LogP contribution is -2.24. The van der Waals surface area contributed by atoms with Crippen LogP contribution in [0.5, 0.6) is 0 Å². The zero-order valence-electron chi connectivity index (χ0n) is 10.5. The molecular formula is C15H8F3NO2. The quantitative estimate of drug-likeness (QED) is 0.647. The predicted octanol–water partition coefficient (Wildman–Crippen LogP) is 3.06. The number of nitrogen functional groups attached to an aromatic ring is 1. The molecule has 3 nitrogen and oxygen atoms in total. The fraction of sp³-hybridized carbons (Fsp3) is 0.0667. The molecule has 0 fully saturated rings. The smallest absolute Gasteiger partial charge is 0.398 e. The van der Waals surface area contributed by atoms with E-state index in [1.54, 1.807) is 12.1 Å². The molecule has 0 radical (unpaired) electrons. The number of carbonyl (C=O) groups is 2. The van der Waals surface area contributed by atoms with Gasteiger partial charge in [0.25, 0.3) is 0 Å². The Morgan fingerprint density at radius 3 is 1.95 bits per heavy atom. The highest BCUT2D eigenvalue weighted by atomic mass is 19.4. The lowest BCUT2D eigenvalue weighted by atomic mass is 9.82. The molecule has 1 aliphatic rings. The van der Waals surface area contributed by atoms with Crippen molar-refractivity contribution in [3.63, 3.8) is 0 Å². The molecule has 2 aromatic carbocycles. The number of nitrogens with two attached hydrogens (primary N) is 1. The number of carbonyl (C=O) groups excluding carboxylic acids is 2. The molecule has 0 saturated heterocycles. The minimum absolute atomic E-state index is 0.0704. The third kappa shape index (κ3) is 1.83. The van der Waals surface area contributed by atoms with E-state index in [4.69, 9.17) is 5.73 Å². The summed E-state index contributed by atoms with van der Waals surface area (Å²) in [5, 5.41) is 0. The predicted molar refractivity (Wildman–Crippen MR) is 69.2 cm³/mol. The summed E-state index contributed by atoms with van der Waals surface area (Å²) in [4.78, 5) is 24.6. The second-order valence-corrected chi connectivity index (χ2v) is 4.65. The summed E-state index contributed by atoms with van der Waals surface area (Å²) in [6.07, 6.45) is -4.68. The zero-order valence-corrected chi connectivity index (χ0v) is 10.5. The van der Waals surface area contributed by atoms with Crippen molar-refractivity contribution in [1.82, 2.24) is 0 Å². The molecular weight excluding hydrogens is 283 g/mol. The molecule has 2 aromatic rings. The summed E-state index contributed by atoms with van der Waals surface area (Å²) in [5.41, 5.74) is 3.48. The molecule has 0 atom stereocenters. The minimum Gasteiger partial charge on any atom is -0.398 e. The molecule has 3 rings (SSSR count). The van der Waals surface area contributed by atoms with Gasteiger partial charge in [-0.15, -0.1) is 0 Å². The van der Waals surface area contributed by atoms with Gasteiger partial charge in [0.05, 0.1) is 16.8 Å². The average Bonchev–Trinajstić information content (AvgIpc) is 2.43. The van der Waals surface area contributed by atoms with Gasteiger partial charge in [0.2, 0.25) is 0 Å². The van der Waals surface area contributed by atoms with Crippen molar-refractivity contribution in [2.75, 3.05) is 5.73 Å². The average molecular weight is 291 g/mol. The van der Waals surface area contributed by atoms with E-state index in [9.17, 15) is 22.8 Å². The van der Waals surface area contributed by atoms with Crippen LogP contribution < -0.4 is 5.73 Å². The standard InChI is InChI=1S/C15H8F3NO2/c16-15(17,18)10-6-5-9-11(12(10)19)14(21)8-4-2-1-3-7(8)13(9)20/h1-6H,19H2. The third-order valence-electron chi connectivity index (χ3n) is 3.44. The van der Waals surface area contributed by atoms with Gasteiger partial charge in [-0.1, -0.05) is 24.3 Å². The fourth-order valence-electron chi connectivity index (χ4n) is 2.46. The summed E-state index contributed by atoms with van der Waals surface area (Å²) in [5.74, 6) is -1.16. The molecule has 0 aromatic heterocycles. The third-order valence-corrected chi connectivity index (χ3v) is 3.44. The molecule has 0 aliphatic heterocycles. The zero-order chi connectivity index (χ0) is 15.4. The molecule has 0 amide bonds. The van der Waals surface area contributed by atoms with Crippen molar-refractivity contribution >= 4 is 17.3 Å². The first-order valence-electron chi connectivity index (χ1n) is 6.00. The molecule has 0 spiro atoms. The van der Waals surface area contributed by atoms with Crippen LogP contribution in [0, 0.1) is 0 Å². The van der Waals surface area contributed by atoms with Crippen LogP contribution in [0.3, 0.4) is 0 Å². The summed E-state index contributed by atoms with van der Waals surface area (Å²) < 4.78 is 38.6.